The lowest BCUT2D eigenvalue weighted by atomic mass is 10.2. The van der Waals surface area contributed by atoms with Crippen LogP contribution in [-0.4, -0.2) is 18.1 Å². The minimum Gasteiger partial charge on any atom is -0.446 e. The number of hydrogen-bond acceptors (Lipinski definition) is 4. The molecule has 0 fully saturated rings. The van der Waals surface area contributed by atoms with Gasteiger partial charge in [-0.3, -0.25) is 0 Å². The van der Waals surface area contributed by atoms with Crippen molar-refractivity contribution in [2.24, 2.45) is 5.92 Å². The van der Waals surface area contributed by atoms with E-state index in [0.717, 1.165) is 37.6 Å². The Morgan fingerprint density at radius 1 is 1.50 bits per heavy atom. The molecule has 1 heterocycles. The van der Waals surface area contributed by atoms with Crippen LogP contribution >= 0.6 is 0 Å². The molecule has 0 aromatic carbocycles. The van der Waals surface area contributed by atoms with E-state index in [0.29, 0.717) is 12.5 Å². The Morgan fingerprint density at radius 3 is 3.00 bits per heavy atom. The van der Waals surface area contributed by atoms with E-state index in [9.17, 15) is 0 Å². The van der Waals surface area contributed by atoms with Crippen LogP contribution in [0.15, 0.2) is 10.8 Å². The van der Waals surface area contributed by atoms with Crippen LogP contribution in [0, 0.1) is 5.92 Å². The van der Waals surface area contributed by atoms with E-state index in [1.807, 2.05) is 0 Å². The van der Waals surface area contributed by atoms with Crippen LogP contribution in [0.4, 0.5) is 0 Å². The highest BCUT2D eigenvalue weighted by Gasteiger charge is 2.07. The number of nitrogens with one attached hydrogen (secondary N) is 1. The summed E-state index contributed by atoms with van der Waals surface area (Å²) in [4.78, 5) is 4.18. The van der Waals surface area contributed by atoms with Crippen molar-refractivity contribution in [1.29, 1.82) is 0 Å². The van der Waals surface area contributed by atoms with Crippen LogP contribution in [0.3, 0.4) is 0 Å². The molecule has 92 valence electrons. The summed E-state index contributed by atoms with van der Waals surface area (Å²) in [6.45, 7) is 9.47. The summed E-state index contributed by atoms with van der Waals surface area (Å²) in [5.74, 6) is 1.48. The SMILES string of the molecule is CCCOCc1ocnc1CNCC(C)C. The first-order chi connectivity index (χ1) is 7.74. The normalized spacial score (nSPS) is 11.2. The summed E-state index contributed by atoms with van der Waals surface area (Å²) in [6, 6.07) is 0. The highest BCUT2D eigenvalue weighted by molar-refractivity contribution is 5.05. The summed E-state index contributed by atoms with van der Waals surface area (Å²) < 4.78 is 10.7. The molecule has 4 nitrogen and oxygen atoms in total. The average molecular weight is 226 g/mol. The van der Waals surface area contributed by atoms with Crippen molar-refractivity contribution >= 4 is 0 Å². The quantitative estimate of drug-likeness (QED) is 0.691. The lowest BCUT2D eigenvalue weighted by Gasteiger charge is -2.06. The summed E-state index contributed by atoms with van der Waals surface area (Å²) in [5, 5.41) is 3.34. The monoisotopic (exact) mass is 226 g/mol. The maximum atomic E-state index is 5.43. The first-order valence-corrected chi connectivity index (χ1v) is 5.93. The van der Waals surface area contributed by atoms with E-state index < -0.39 is 0 Å². The molecule has 0 aliphatic heterocycles. The highest BCUT2D eigenvalue weighted by Crippen LogP contribution is 2.08. The van der Waals surface area contributed by atoms with E-state index in [-0.39, 0.29) is 0 Å². The largest absolute Gasteiger partial charge is 0.446 e. The Labute approximate surface area is 97.4 Å². The van der Waals surface area contributed by atoms with Gasteiger partial charge in [-0.15, -0.1) is 0 Å². The van der Waals surface area contributed by atoms with Crippen molar-refractivity contribution in [3.8, 4) is 0 Å². The van der Waals surface area contributed by atoms with Gasteiger partial charge in [-0.05, 0) is 18.9 Å². The van der Waals surface area contributed by atoms with Crippen LogP contribution in [0.25, 0.3) is 0 Å². The second-order valence-electron chi connectivity index (χ2n) is 4.30. The molecule has 0 saturated heterocycles. The van der Waals surface area contributed by atoms with Crippen LogP contribution in [0.2, 0.25) is 0 Å². The maximum absolute atomic E-state index is 5.43. The van der Waals surface area contributed by atoms with E-state index in [1.54, 1.807) is 0 Å². The summed E-state index contributed by atoms with van der Waals surface area (Å²) in [5.41, 5.74) is 0.955. The van der Waals surface area contributed by atoms with Gasteiger partial charge in [0.25, 0.3) is 0 Å². The van der Waals surface area contributed by atoms with E-state index in [1.165, 1.54) is 6.39 Å². The number of ether oxygens (including phenoxy) is 1. The highest BCUT2D eigenvalue weighted by atomic mass is 16.5. The minimum absolute atomic E-state index is 0.520. The second-order valence-corrected chi connectivity index (χ2v) is 4.30. The molecular formula is C12H22N2O2. The number of rotatable bonds is 8. The van der Waals surface area contributed by atoms with Gasteiger partial charge < -0.3 is 14.5 Å². The van der Waals surface area contributed by atoms with Crippen LogP contribution < -0.4 is 5.32 Å². The first-order valence-electron chi connectivity index (χ1n) is 5.93. The van der Waals surface area contributed by atoms with Gasteiger partial charge in [-0.25, -0.2) is 4.98 Å². The molecule has 0 spiro atoms. The topological polar surface area (TPSA) is 47.3 Å². The third-order valence-corrected chi connectivity index (χ3v) is 2.15. The zero-order chi connectivity index (χ0) is 11.8. The summed E-state index contributed by atoms with van der Waals surface area (Å²) in [7, 11) is 0. The Kier molecular flexibility index (Phi) is 6.11. The fourth-order valence-corrected chi connectivity index (χ4v) is 1.34. The molecule has 0 aliphatic carbocycles. The molecule has 1 aromatic heterocycles. The summed E-state index contributed by atoms with van der Waals surface area (Å²) >= 11 is 0. The average Bonchev–Trinajstić information content (AvgIpc) is 2.66. The molecule has 0 bridgehead atoms. The van der Waals surface area contributed by atoms with Gasteiger partial charge in [0.05, 0.1) is 5.69 Å². The number of aromatic nitrogens is 1. The van der Waals surface area contributed by atoms with E-state index in [4.69, 9.17) is 9.15 Å². The molecule has 0 atom stereocenters. The Hall–Kier alpha value is -0.870. The molecule has 0 saturated carbocycles. The Morgan fingerprint density at radius 2 is 2.31 bits per heavy atom. The molecule has 16 heavy (non-hydrogen) atoms. The molecule has 1 rings (SSSR count). The lowest BCUT2D eigenvalue weighted by molar-refractivity contribution is 0.106. The molecule has 0 aliphatic rings. The molecule has 4 heteroatoms. The van der Waals surface area contributed by atoms with Crippen molar-refractivity contribution in [3.63, 3.8) is 0 Å². The molecule has 0 radical (unpaired) electrons. The van der Waals surface area contributed by atoms with Crippen LogP contribution in [0.1, 0.15) is 38.6 Å². The van der Waals surface area contributed by atoms with Gasteiger partial charge in [0.15, 0.2) is 12.2 Å². The predicted molar refractivity (Wildman–Crippen MR) is 63.0 cm³/mol. The zero-order valence-corrected chi connectivity index (χ0v) is 10.5. The van der Waals surface area contributed by atoms with Gasteiger partial charge in [-0.2, -0.15) is 0 Å². The number of hydrogen-bond donors (Lipinski definition) is 1. The van der Waals surface area contributed by atoms with Crippen molar-refractivity contribution in [2.45, 2.75) is 40.3 Å². The molecule has 0 amide bonds. The third kappa shape index (κ3) is 4.77. The Balaban J connectivity index is 2.32. The molecule has 1 N–H and O–H groups in total. The smallest absolute Gasteiger partial charge is 0.181 e. The van der Waals surface area contributed by atoms with E-state index >= 15 is 0 Å². The predicted octanol–water partition coefficient (Wildman–Crippen LogP) is 2.35. The van der Waals surface area contributed by atoms with Crippen LogP contribution in [0.5, 0.6) is 0 Å². The van der Waals surface area contributed by atoms with Gasteiger partial charge >= 0.3 is 0 Å². The maximum Gasteiger partial charge on any atom is 0.181 e. The number of nitrogens with zero attached hydrogens (tertiary/aromatic N) is 1. The van der Waals surface area contributed by atoms with Crippen molar-refractivity contribution < 1.29 is 9.15 Å². The standard InChI is InChI=1S/C12H22N2O2/c1-4-5-15-8-12-11(14-9-16-12)7-13-6-10(2)3/h9-10,13H,4-8H2,1-3H3. The van der Waals surface area contributed by atoms with Gasteiger partial charge in [0.2, 0.25) is 0 Å². The van der Waals surface area contributed by atoms with Gasteiger partial charge in [0.1, 0.15) is 6.61 Å². The number of oxazole rings is 1. The minimum atomic E-state index is 0.520. The van der Waals surface area contributed by atoms with Crippen LogP contribution in [-0.2, 0) is 17.9 Å². The van der Waals surface area contributed by atoms with Crippen molar-refractivity contribution in [2.75, 3.05) is 13.2 Å². The molecule has 0 unspecified atom stereocenters. The second kappa shape index (κ2) is 7.41. The molecule has 1 aromatic rings. The zero-order valence-electron chi connectivity index (χ0n) is 10.5. The summed E-state index contributed by atoms with van der Waals surface area (Å²) in [6.07, 6.45) is 2.51. The Bertz CT molecular complexity index is 284. The lowest BCUT2D eigenvalue weighted by Crippen LogP contribution is -2.19. The van der Waals surface area contributed by atoms with Crippen molar-refractivity contribution in [3.05, 3.63) is 17.8 Å². The van der Waals surface area contributed by atoms with Gasteiger partial charge in [-0.1, -0.05) is 20.8 Å². The first kappa shape index (κ1) is 13.2. The van der Waals surface area contributed by atoms with Gasteiger partial charge in [0, 0.05) is 13.2 Å². The molecular weight excluding hydrogens is 204 g/mol. The fourth-order valence-electron chi connectivity index (χ4n) is 1.34. The third-order valence-electron chi connectivity index (χ3n) is 2.15. The van der Waals surface area contributed by atoms with Crippen molar-refractivity contribution in [1.82, 2.24) is 10.3 Å². The fraction of sp³-hybridized carbons (Fsp3) is 0.750. The van der Waals surface area contributed by atoms with E-state index in [2.05, 4.69) is 31.1 Å².